The molecule has 5 rings (SSSR count). The first kappa shape index (κ1) is 37.9. The number of fused-ring (bicyclic) bond motifs is 5. The molecule has 50 heavy (non-hydrogen) atoms. The molecular formula is C38H53NO11. The average molecular weight is 700 g/mol. The Morgan fingerprint density at radius 2 is 1.68 bits per heavy atom. The van der Waals surface area contributed by atoms with Gasteiger partial charge in [0.1, 0.15) is 23.9 Å². The fourth-order valence-corrected chi connectivity index (χ4v) is 9.64. The minimum Gasteiger partial charge on any atom is -0.455 e. The van der Waals surface area contributed by atoms with Gasteiger partial charge in [0.2, 0.25) is 6.10 Å². The van der Waals surface area contributed by atoms with Gasteiger partial charge in [-0.3, -0.25) is 9.59 Å². The summed E-state index contributed by atoms with van der Waals surface area (Å²) in [5, 5.41) is 39.1. The zero-order valence-electron chi connectivity index (χ0n) is 30.7. The predicted molar refractivity (Wildman–Crippen MR) is 180 cm³/mol. The number of esters is 2. The molecule has 1 unspecified atom stereocenters. The topological polar surface area (TPSA) is 178 Å². The third kappa shape index (κ3) is 5.95. The monoisotopic (exact) mass is 699 g/mol. The second-order valence-electron chi connectivity index (χ2n) is 16.7. The maximum atomic E-state index is 14.5. The Balaban J connectivity index is 1.58. The Morgan fingerprint density at radius 3 is 2.22 bits per heavy atom. The summed E-state index contributed by atoms with van der Waals surface area (Å²) in [4.78, 5) is 54.2. The van der Waals surface area contributed by atoms with E-state index in [0.29, 0.717) is 17.7 Å². The largest absolute Gasteiger partial charge is 0.455 e. The van der Waals surface area contributed by atoms with Gasteiger partial charge in [-0.1, -0.05) is 58.0 Å². The molecule has 0 aromatic heterocycles. The first-order valence-electron chi connectivity index (χ1n) is 17.4. The van der Waals surface area contributed by atoms with Gasteiger partial charge in [-0.25, -0.2) is 9.59 Å². The Hall–Kier alpha value is -3.32. The van der Waals surface area contributed by atoms with E-state index >= 15 is 0 Å². The summed E-state index contributed by atoms with van der Waals surface area (Å²) in [5.41, 5.74) is -4.67. The minimum absolute atomic E-state index is 0.115. The van der Waals surface area contributed by atoms with E-state index in [0.717, 1.165) is 6.92 Å². The van der Waals surface area contributed by atoms with Gasteiger partial charge in [-0.2, -0.15) is 0 Å². The second kappa shape index (κ2) is 12.7. The summed E-state index contributed by atoms with van der Waals surface area (Å²) in [6, 6.07) is 7.23. The maximum Gasteiger partial charge on any atom is 0.408 e. The van der Waals surface area contributed by atoms with Crippen LogP contribution in [0.3, 0.4) is 0 Å². The molecule has 12 heteroatoms. The van der Waals surface area contributed by atoms with Crippen molar-refractivity contribution in [2.24, 2.45) is 28.1 Å². The normalized spacial score (nSPS) is 37.4. The lowest BCUT2D eigenvalue weighted by Gasteiger charge is -2.68. The van der Waals surface area contributed by atoms with Crippen LogP contribution in [0.25, 0.3) is 0 Å². The molecule has 1 saturated heterocycles. The lowest BCUT2D eigenvalue weighted by molar-refractivity contribution is -0.302. The molecule has 3 aliphatic carbocycles. The van der Waals surface area contributed by atoms with Gasteiger partial charge in [-0.15, -0.1) is 0 Å². The van der Waals surface area contributed by atoms with Crippen LogP contribution < -0.4 is 5.32 Å². The summed E-state index contributed by atoms with van der Waals surface area (Å²) in [6.07, 6.45) is -6.75. The molecule has 1 aromatic rings. The molecule has 1 aromatic carbocycles. The number of aliphatic hydroxyl groups excluding tert-OH is 2. The van der Waals surface area contributed by atoms with Crippen molar-refractivity contribution in [2.45, 2.75) is 130 Å². The molecule has 2 bridgehead atoms. The Labute approximate surface area is 293 Å². The molecule has 3 fully saturated rings. The van der Waals surface area contributed by atoms with E-state index in [4.69, 9.17) is 18.9 Å². The van der Waals surface area contributed by atoms with E-state index in [2.05, 4.69) is 5.32 Å². The standard InChI is InChI=1S/C38H53NO11/c1-19-23(49-32(44)29(48-21(3)40)27(22-14-12-11-13-15-22)39-33(45)50-34(4,5)6)17-38(46)20(2)30-36(9)18-47-25(36)16-24(41)37(30,10)31(43)28(42)26(19)35(38,7)8/h11-15,20,23-25,27-30,41-42,46H,16-18H2,1-10H3,(H,39,45)/t20-,23-,24-,25+,27-,28+,29+,30?,36+,37+,38+/m0/s1. The Morgan fingerprint density at radius 1 is 1.06 bits per heavy atom. The van der Waals surface area contributed by atoms with E-state index in [-0.39, 0.29) is 24.5 Å². The van der Waals surface area contributed by atoms with Crippen molar-refractivity contribution in [1.82, 2.24) is 5.32 Å². The molecule has 11 atom stereocenters. The third-order valence-corrected chi connectivity index (χ3v) is 12.2. The number of hydrogen-bond acceptors (Lipinski definition) is 11. The van der Waals surface area contributed by atoms with Gasteiger partial charge in [0.25, 0.3) is 0 Å². The number of aliphatic hydroxyl groups is 3. The van der Waals surface area contributed by atoms with Crippen LogP contribution >= 0.6 is 0 Å². The second-order valence-corrected chi connectivity index (χ2v) is 16.7. The van der Waals surface area contributed by atoms with E-state index in [1.165, 1.54) is 0 Å². The number of alkyl carbamates (subject to hydrolysis) is 1. The SMILES string of the molecule is CC(=O)O[C@@H](C(=O)O[C@H]1C[C@@]2(O)[C@@H](C)C3[C@]4(C)CO[C@@H]4C[C@H](O)[C@@]3(C)C(=O)[C@H](O)C(=C1C)C2(C)C)[C@@H](NC(=O)OC(C)(C)C)c1ccccc1. The van der Waals surface area contributed by atoms with Crippen molar-refractivity contribution >= 4 is 23.8 Å². The first-order chi connectivity index (χ1) is 23.0. The zero-order valence-corrected chi connectivity index (χ0v) is 30.7. The number of nitrogens with one attached hydrogen (secondary N) is 1. The highest BCUT2D eigenvalue weighted by Gasteiger charge is 2.73. The van der Waals surface area contributed by atoms with E-state index < -0.39 is 93.6 Å². The Kier molecular flexibility index (Phi) is 9.65. The van der Waals surface area contributed by atoms with Crippen LogP contribution in [-0.2, 0) is 33.3 Å². The van der Waals surface area contributed by atoms with Crippen molar-refractivity contribution in [3.63, 3.8) is 0 Å². The van der Waals surface area contributed by atoms with Crippen molar-refractivity contribution < 1.29 is 53.4 Å². The van der Waals surface area contributed by atoms with Gasteiger partial charge in [0.05, 0.1) is 29.8 Å². The average Bonchev–Trinajstić information content (AvgIpc) is 3.01. The molecule has 4 N–H and O–H groups in total. The van der Waals surface area contributed by atoms with Crippen molar-refractivity contribution in [2.75, 3.05) is 6.61 Å². The minimum atomic E-state index is -1.72. The van der Waals surface area contributed by atoms with Crippen LogP contribution in [0.5, 0.6) is 0 Å². The molecule has 12 nitrogen and oxygen atoms in total. The van der Waals surface area contributed by atoms with Gasteiger partial charge in [0.15, 0.2) is 5.78 Å². The number of rotatable bonds is 6. The highest BCUT2D eigenvalue weighted by Crippen LogP contribution is 2.66. The maximum absolute atomic E-state index is 14.5. The summed E-state index contributed by atoms with van der Waals surface area (Å²) >= 11 is 0. The number of carbonyl (C=O) groups is 4. The molecule has 1 amide bonds. The predicted octanol–water partition coefficient (Wildman–Crippen LogP) is 3.95. The van der Waals surface area contributed by atoms with Crippen molar-refractivity contribution in [1.29, 1.82) is 0 Å². The highest BCUT2D eigenvalue weighted by molar-refractivity contribution is 5.93. The number of Topliss-reactive ketones (excluding diaryl/α,β-unsaturated/α-hetero) is 1. The van der Waals surface area contributed by atoms with Crippen LogP contribution in [0.15, 0.2) is 41.5 Å². The summed E-state index contributed by atoms with van der Waals surface area (Å²) in [5.74, 6) is -3.63. The summed E-state index contributed by atoms with van der Waals surface area (Å²) < 4.78 is 23.0. The van der Waals surface area contributed by atoms with Gasteiger partial charge in [0, 0.05) is 30.6 Å². The molecule has 1 heterocycles. The molecular weight excluding hydrogens is 646 g/mol. The lowest BCUT2D eigenvalue weighted by atomic mass is 9.40. The van der Waals surface area contributed by atoms with E-state index in [9.17, 15) is 34.5 Å². The van der Waals surface area contributed by atoms with Crippen LogP contribution in [-0.4, -0.2) is 87.5 Å². The van der Waals surface area contributed by atoms with Gasteiger partial charge < -0.3 is 39.6 Å². The third-order valence-electron chi connectivity index (χ3n) is 12.2. The van der Waals surface area contributed by atoms with Crippen molar-refractivity contribution in [3.05, 3.63) is 47.0 Å². The number of carbonyl (C=O) groups excluding carboxylic acids is 4. The van der Waals surface area contributed by atoms with E-state index in [1.54, 1.807) is 78.8 Å². The number of benzene rings is 1. The fraction of sp³-hybridized carbons (Fsp3) is 0.684. The van der Waals surface area contributed by atoms with Crippen LogP contribution in [0.1, 0.15) is 93.7 Å². The number of ketones is 1. The summed E-state index contributed by atoms with van der Waals surface area (Å²) in [6.45, 7) is 17.2. The number of ether oxygens (including phenoxy) is 4. The highest BCUT2D eigenvalue weighted by atomic mass is 16.6. The lowest BCUT2D eigenvalue weighted by Crippen LogP contribution is -2.75. The van der Waals surface area contributed by atoms with E-state index in [1.807, 2.05) is 13.8 Å². The quantitative estimate of drug-likeness (QED) is 0.192. The molecule has 276 valence electrons. The summed E-state index contributed by atoms with van der Waals surface area (Å²) in [7, 11) is 0. The zero-order chi connectivity index (χ0) is 37.4. The molecule has 0 spiro atoms. The molecule has 1 aliphatic heterocycles. The fourth-order valence-electron chi connectivity index (χ4n) is 9.64. The Bertz CT molecular complexity index is 1570. The van der Waals surface area contributed by atoms with Gasteiger partial charge in [-0.05, 0) is 63.2 Å². The number of hydrogen-bond donors (Lipinski definition) is 4. The molecule has 4 aliphatic rings. The molecule has 0 radical (unpaired) electrons. The van der Waals surface area contributed by atoms with Crippen molar-refractivity contribution in [3.8, 4) is 0 Å². The smallest absolute Gasteiger partial charge is 0.408 e. The number of amides is 1. The molecule has 2 saturated carbocycles. The first-order valence-corrected chi connectivity index (χ1v) is 17.4. The van der Waals surface area contributed by atoms with Crippen LogP contribution in [0.2, 0.25) is 0 Å². The van der Waals surface area contributed by atoms with Gasteiger partial charge >= 0.3 is 18.0 Å². The van der Waals surface area contributed by atoms with Crippen LogP contribution in [0.4, 0.5) is 4.79 Å². The van der Waals surface area contributed by atoms with Crippen LogP contribution in [0, 0.1) is 28.1 Å².